The van der Waals surface area contributed by atoms with Crippen LogP contribution in [0.4, 0.5) is 0 Å². The normalized spacial score (nSPS) is 15.2. The standard InChI is InChI=1S/C8H14Cl3NO/c1-2-3-4-5-6-13-7(12)8(9,10)11/h4-5,7H,2-3,6,12H2,1H3/b5-4+. The number of alkyl halides is 3. The summed E-state index contributed by atoms with van der Waals surface area (Å²) in [6.07, 6.45) is 5.10. The smallest absolute Gasteiger partial charge is 0.229 e. The van der Waals surface area contributed by atoms with Gasteiger partial charge in [-0.05, 0) is 6.42 Å². The SMILES string of the molecule is CCC/C=C/COC(N)C(Cl)(Cl)Cl. The van der Waals surface area contributed by atoms with Crippen molar-refractivity contribution in [2.75, 3.05) is 6.61 Å². The maximum atomic E-state index is 5.48. The van der Waals surface area contributed by atoms with E-state index in [0.717, 1.165) is 12.8 Å². The fourth-order valence-electron chi connectivity index (χ4n) is 0.606. The van der Waals surface area contributed by atoms with Gasteiger partial charge in [0.1, 0.15) is 0 Å². The van der Waals surface area contributed by atoms with E-state index in [0.29, 0.717) is 6.61 Å². The number of hydrogen-bond acceptors (Lipinski definition) is 2. The molecule has 0 rings (SSSR count). The summed E-state index contributed by atoms with van der Waals surface area (Å²) >= 11 is 16.4. The number of rotatable bonds is 5. The number of ether oxygens (including phenoxy) is 1. The van der Waals surface area contributed by atoms with Crippen molar-refractivity contribution in [1.29, 1.82) is 0 Å². The van der Waals surface area contributed by atoms with Crippen LogP contribution in [0.25, 0.3) is 0 Å². The summed E-state index contributed by atoms with van der Waals surface area (Å²) in [6, 6.07) is 0. The second-order valence-corrected chi connectivity index (χ2v) is 4.92. The molecular weight excluding hydrogens is 232 g/mol. The lowest BCUT2D eigenvalue weighted by atomic mass is 10.3. The lowest BCUT2D eigenvalue weighted by Gasteiger charge is -2.19. The largest absolute Gasteiger partial charge is 0.355 e. The Morgan fingerprint density at radius 3 is 2.46 bits per heavy atom. The predicted molar refractivity (Wildman–Crippen MR) is 58.3 cm³/mol. The first-order valence-electron chi connectivity index (χ1n) is 4.07. The molecule has 0 aliphatic heterocycles. The molecule has 0 spiro atoms. The Morgan fingerprint density at radius 1 is 1.38 bits per heavy atom. The van der Waals surface area contributed by atoms with Crippen LogP contribution in [0.1, 0.15) is 19.8 Å². The topological polar surface area (TPSA) is 35.2 Å². The van der Waals surface area contributed by atoms with Crippen molar-refractivity contribution >= 4 is 34.8 Å². The molecule has 0 saturated heterocycles. The molecule has 0 bridgehead atoms. The molecule has 13 heavy (non-hydrogen) atoms. The third kappa shape index (κ3) is 7.59. The number of hydrogen-bond donors (Lipinski definition) is 1. The first-order valence-corrected chi connectivity index (χ1v) is 5.20. The Labute approximate surface area is 94.0 Å². The quantitative estimate of drug-likeness (QED) is 0.460. The monoisotopic (exact) mass is 245 g/mol. The van der Waals surface area contributed by atoms with Gasteiger partial charge in [0, 0.05) is 0 Å². The first-order chi connectivity index (χ1) is 5.98. The number of allylic oxidation sites excluding steroid dienone is 1. The lowest BCUT2D eigenvalue weighted by Crippen LogP contribution is -2.37. The van der Waals surface area contributed by atoms with E-state index in [9.17, 15) is 0 Å². The molecular formula is C8H14Cl3NO. The zero-order valence-corrected chi connectivity index (χ0v) is 9.74. The zero-order chi connectivity index (χ0) is 10.3. The van der Waals surface area contributed by atoms with E-state index in [1.807, 2.05) is 12.2 Å². The number of halogens is 3. The number of nitrogens with two attached hydrogens (primary N) is 1. The molecule has 78 valence electrons. The van der Waals surface area contributed by atoms with Gasteiger partial charge in [-0.25, -0.2) is 0 Å². The second-order valence-electron chi connectivity index (χ2n) is 2.56. The van der Waals surface area contributed by atoms with E-state index < -0.39 is 10.0 Å². The molecule has 0 saturated carbocycles. The fraction of sp³-hybridized carbons (Fsp3) is 0.750. The number of unbranched alkanes of at least 4 members (excludes halogenated alkanes) is 1. The first kappa shape index (κ1) is 13.5. The Morgan fingerprint density at radius 2 is 2.00 bits per heavy atom. The lowest BCUT2D eigenvalue weighted by molar-refractivity contribution is 0.0821. The molecule has 2 N–H and O–H groups in total. The van der Waals surface area contributed by atoms with Crippen molar-refractivity contribution in [2.45, 2.75) is 29.8 Å². The van der Waals surface area contributed by atoms with Crippen LogP contribution in [0.3, 0.4) is 0 Å². The van der Waals surface area contributed by atoms with Gasteiger partial charge in [0.25, 0.3) is 0 Å². The minimum atomic E-state index is -1.56. The average Bonchev–Trinajstić information content (AvgIpc) is 2.02. The highest BCUT2D eigenvalue weighted by atomic mass is 35.6. The minimum absolute atomic E-state index is 0.370. The van der Waals surface area contributed by atoms with Crippen molar-refractivity contribution in [3.8, 4) is 0 Å². The third-order valence-electron chi connectivity index (χ3n) is 1.32. The van der Waals surface area contributed by atoms with Crippen LogP contribution in [0.5, 0.6) is 0 Å². The van der Waals surface area contributed by atoms with E-state index in [-0.39, 0.29) is 0 Å². The third-order valence-corrected chi connectivity index (χ3v) is 1.96. The molecule has 0 aliphatic rings. The van der Waals surface area contributed by atoms with Gasteiger partial charge < -0.3 is 10.5 Å². The molecule has 0 fully saturated rings. The second kappa shape index (κ2) is 6.91. The van der Waals surface area contributed by atoms with Crippen LogP contribution in [0.2, 0.25) is 0 Å². The van der Waals surface area contributed by atoms with Crippen LogP contribution in [-0.2, 0) is 4.74 Å². The zero-order valence-electron chi connectivity index (χ0n) is 7.47. The Bertz CT molecular complexity index is 156. The molecule has 0 amide bonds. The molecule has 2 nitrogen and oxygen atoms in total. The van der Waals surface area contributed by atoms with Crippen molar-refractivity contribution in [3.63, 3.8) is 0 Å². The molecule has 5 heteroatoms. The molecule has 1 atom stereocenters. The van der Waals surface area contributed by atoms with Crippen LogP contribution in [0.15, 0.2) is 12.2 Å². The highest BCUT2D eigenvalue weighted by Gasteiger charge is 2.29. The van der Waals surface area contributed by atoms with Crippen molar-refractivity contribution in [3.05, 3.63) is 12.2 Å². The highest BCUT2D eigenvalue weighted by Crippen LogP contribution is 2.29. The van der Waals surface area contributed by atoms with E-state index in [1.165, 1.54) is 0 Å². The van der Waals surface area contributed by atoms with Gasteiger partial charge in [0.15, 0.2) is 6.23 Å². The minimum Gasteiger partial charge on any atom is -0.355 e. The molecule has 0 aliphatic carbocycles. The van der Waals surface area contributed by atoms with Gasteiger partial charge in [0.05, 0.1) is 6.61 Å². The summed E-state index contributed by atoms with van der Waals surface area (Å²) in [4.78, 5) is 0. The maximum Gasteiger partial charge on any atom is 0.229 e. The summed E-state index contributed by atoms with van der Waals surface area (Å²) in [5.74, 6) is 0. The van der Waals surface area contributed by atoms with Crippen LogP contribution < -0.4 is 5.73 Å². The van der Waals surface area contributed by atoms with Gasteiger partial charge in [0.2, 0.25) is 3.79 Å². The van der Waals surface area contributed by atoms with Crippen LogP contribution in [0, 0.1) is 0 Å². The molecule has 0 aromatic rings. The van der Waals surface area contributed by atoms with E-state index in [1.54, 1.807) is 0 Å². The molecule has 0 aromatic carbocycles. The average molecular weight is 247 g/mol. The van der Waals surface area contributed by atoms with E-state index >= 15 is 0 Å². The van der Waals surface area contributed by atoms with Gasteiger partial charge in [-0.3, -0.25) is 0 Å². The predicted octanol–water partition coefficient (Wildman–Crippen LogP) is 3.01. The molecule has 0 aromatic heterocycles. The van der Waals surface area contributed by atoms with Gasteiger partial charge in [-0.1, -0.05) is 60.3 Å². The summed E-state index contributed by atoms with van der Waals surface area (Å²) < 4.78 is 3.49. The van der Waals surface area contributed by atoms with Crippen molar-refractivity contribution in [2.24, 2.45) is 5.73 Å². The Hall–Kier alpha value is 0.530. The van der Waals surface area contributed by atoms with Crippen molar-refractivity contribution < 1.29 is 4.74 Å². The summed E-state index contributed by atoms with van der Waals surface area (Å²) in [7, 11) is 0. The van der Waals surface area contributed by atoms with Crippen LogP contribution >= 0.6 is 34.8 Å². The molecule has 0 heterocycles. The van der Waals surface area contributed by atoms with Crippen molar-refractivity contribution in [1.82, 2.24) is 0 Å². The summed E-state index contributed by atoms with van der Waals surface area (Å²) in [5.41, 5.74) is 5.41. The maximum absolute atomic E-state index is 5.48. The van der Waals surface area contributed by atoms with Gasteiger partial charge in [-0.2, -0.15) is 0 Å². The summed E-state index contributed by atoms with van der Waals surface area (Å²) in [6.45, 7) is 2.47. The summed E-state index contributed by atoms with van der Waals surface area (Å²) in [5, 5.41) is 0. The van der Waals surface area contributed by atoms with Gasteiger partial charge in [-0.15, -0.1) is 0 Å². The van der Waals surface area contributed by atoms with E-state index in [2.05, 4.69) is 6.92 Å². The Kier molecular flexibility index (Phi) is 7.19. The molecule has 1 unspecified atom stereocenters. The van der Waals surface area contributed by atoms with E-state index in [4.69, 9.17) is 45.3 Å². The Balaban J connectivity index is 3.53. The van der Waals surface area contributed by atoms with Crippen LogP contribution in [-0.4, -0.2) is 16.6 Å². The fourth-order valence-corrected chi connectivity index (χ4v) is 0.795. The highest BCUT2D eigenvalue weighted by molar-refractivity contribution is 6.68. The van der Waals surface area contributed by atoms with Gasteiger partial charge >= 0.3 is 0 Å². The molecule has 0 radical (unpaired) electrons.